The minimum absolute atomic E-state index is 0.0102. The zero-order valence-electron chi connectivity index (χ0n) is 13.0. The van der Waals surface area contributed by atoms with Crippen molar-refractivity contribution >= 4 is 16.0 Å². The van der Waals surface area contributed by atoms with Crippen LogP contribution in [0.25, 0.3) is 0 Å². The highest BCUT2D eigenvalue weighted by molar-refractivity contribution is 7.89. The Kier molecular flexibility index (Phi) is 5.98. The molecule has 0 aliphatic carbocycles. The van der Waals surface area contributed by atoms with Crippen molar-refractivity contribution in [2.45, 2.75) is 45.6 Å². The Bertz CT molecular complexity index is 590. The Hall–Kier alpha value is -1.34. The van der Waals surface area contributed by atoms with Crippen molar-refractivity contribution < 1.29 is 18.3 Å². The van der Waals surface area contributed by atoms with Crippen molar-refractivity contribution in [2.24, 2.45) is 5.92 Å². The van der Waals surface area contributed by atoms with Gasteiger partial charge in [0.25, 0.3) is 0 Å². The molecule has 0 unspecified atom stereocenters. The Morgan fingerprint density at radius 1 is 1.38 bits per heavy atom. The van der Waals surface area contributed by atoms with Gasteiger partial charge in [-0.05, 0) is 18.4 Å². The summed E-state index contributed by atoms with van der Waals surface area (Å²) in [4.78, 5) is 11.3. The molecule has 1 N–H and O–H groups in total. The molecule has 120 valence electrons. The molecule has 0 aromatic carbocycles. The first-order valence-electron chi connectivity index (χ1n) is 7.17. The number of aromatic carboxylic acids is 1. The van der Waals surface area contributed by atoms with Crippen LogP contribution in [-0.2, 0) is 16.6 Å². The zero-order valence-corrected chi connectivity index (χ0v) is 13.9. The van der Waals surface area contributed by atoms with E-state index in [-0.39, 0.29) is 16.5 Å². The molecule has 0 bridgehead atoms. The predicted octanol–water partition coefficient (Wildman–Crippen LogP) is 2.26. The summed E-state index contributed by atoms with van der Waals surface area (Å²) < 4.78 is 28.1. The van der Waals surface area contributed by atoms with Gasteiger partial charge in [-0.15, -0.1) is 0 Å². The molecule has 0 saturated heterocycles. The normalized spacial score (nSPS) is 12.3. The van der Waals surface area contributed by atoms with E-state index < -0.39 is 16.0 Å². The van der Waals surface area contributed by atoms with Crippen molar-refractivity contribution in [3.63, 3.8) is 0 Å². The van der Waals surface area contributed by atoms with Crippen LogP contribution >= 0.6 is 0 Å². The SMILES string of the molecule is CCCn1cc(S(=O)(=O)N(CC)CC(C)C)cc1C(=O)O. The number of rotatable bonds is 8. The van der Waals surface area contributed by atoms with Gasteiger partial charge in [0.15, 0.2) is 0 Å². The molecule has 0 radical (unpaired) electrons. The van der Waals surface area contributed by atoms with E-state index in [1.807, 2.05) is 20.8 Å². The largest absolute Gasteiger partial charge is 0.477 e. The van der Waals surface area contributed by atoms with E-state index in [0.29, 0.717) is 19.6 Å². The first kappa shape index (κ1) is 17.7. The van der Waals surface area contributed by atoms with E-state index in [1.165, 1.54) is 21.1 Å². The summed E-state index contributed by atoms with van der Waals surface area (Å²) in [6, 6.07) is 1.25. The summed E-state index contributed by atoms with van der Waals surface area (Å²) in [5.41, 5.74) is 0.0102. The summed E-state index contributed by atoms with van der Waals surface area (Å²) in [6.45, 7) is 8.85. The lowest BCUT2D eigenvalue weighted by Crippen LogP contribution is -2.33. The molecule has 0 spiro atoms. The number of sulfonamides is 1. The molecular weight excluding hydrogens is 292 g/mol. The Morgan fingerprint density at radius 2 is 2.00 bits per heavy atom. The Labute approximate surface area is 126 Å². The van der Waals surface area contributed by atoms with E-state index in [2.05, 4.69) is 0 Å². The number of carboxylic acids is 1. The summed E-state index contributed by atoms with van der Waals surface area (Å²) in [7, 11) is -3.65. The monoisotopic (exact) mass is 316 g/mol. The average Bonchev–Trinajstić information content (AvgIpc) is 2.80. The van der Waals surface area contributed by atoms with Crippen LogP contribution in [-0.4, -0.2) is 41.5 Å². The van der Waals surface area contributed by atoms with Crippen LogP contribution in [0.1, 0.15) is 44.6 Å². The average molecular weight is 316 g/mol. The summed E-state index contributed by atoms with van der Waals surface area (Å²) >= 11 is 0. The number of nitrogens with zero attached hydrogens (tertiary/aromatic N) is 2. The maximum Gasteiger partial charge on any atom is 0.352 e. The Morgan fingerprint density at radius 3 is 2.43 bits per heavy atom. The molecule has 1 aromatic rings. The second-order valence-electron chi connectivity index (χ2n) is 5.41. The van der Waals surface area contributed by atoms with Crippen molar-refractivity contribution in [3.8, 4) is 0 Å². The molecule has 0 aliphatic rings. The molecule has 0 amide bonds. The third-order valence-electron chi connectivity index (χ3n) is 3.11. The molecule has 7 heteroatoms. The van der Waals surface area contributed by atoms with Crippen LogP contribution < -0.4 is 0 Å². The fraction of sp³-hybridized carbons (Fsp3) is 0.643. The number of carboxylic acid groups (broad SMARTS) is 1. The first-order valence-corrected chi connectivity index (χ1v) is 8.61. The van der Waals surface area contributed by atoms with Gasteiger partial charge in [0.2, 0.25) is 10.0 Å². The summed E-state index contributed by atoms with van der Waals surface area (Å²) in [6.07, 6.45) is 2.16. The predicted molar refractivity (Wildman–Crippen MR) is 81.0 cm³/mol. The lowest BCUT2D eigenvalue weighted by molar-refractivity contribution is 0.0685. The van der Waals surface area contributed by atoms with Gasteiger partial charge in [0.1, 0.15) is 10.6 Å². The number of hydrogen-bond acceptors (Lipinski definition) is 3. The third-order valence-corrected chi connectivity index (χ3v) is 5.02. The molecule has 1 aromatic heterocycles. The van der Waals surface area contributed by atoms with Crippen molar-refractivity contribution in [2.75, 3.05) is 13.1 Å². The molecule has 0 saturated carbocycles. The van der Waals surface area contributed by atoms with Crippen molar-refractivity contribution in [3.05, 3.63) is 18.0 Å². The Balaban J connectivity index is 3.24. The van der Waals surface area contributed by atoms with Gasteiger partial charge in [0.05, 0.1) is 0 Å². The van der Waals surface area contributed by atoms with Crippen molar-refractivity contribution in [1.29, 1.82) is 0 Å². The van der Waals surface area contributed by atoms with E-state index in [0.717, 1.165) is 6.42 Å². The van der Waals surface area contributed by atoms with Crippen LogP contribution in [0.5, 0.6) is 0 Å². The van der Waals surface area contributed by atoms with E-state index in [4.69, 9.17) is 0 Å². The number of hydrogen-bond donors (Lipinski definition) is 1. The maximum absolute atomic E-state index is 12.6. The fourth-order valence-corrected chi connectivity index (χ4v) is 3.84. The van der Waals surface area contributed by atoms with Gasteiger partial charge >= 0.3 is 5.97 Å². The van der Waals surface area contributed by atoms with Gasteiger partial charge in [-0.1, -0.05) is 27.7 Å². The first-order chi connectivity index (χ1) is 9.73. The molecule has 0 atom stereocenters. The highest BCUT2D eigenvalue weighted by Gasteiger charge is 2.27. The second-order valence-corrected chi connectivity index (χ2v) is 7.35. The number of aromatic nitrogens is 1. The van der Waals surface area contributed by atoms with Gasteiger partial charge in [-0.25, -0.2) is 13.2 Å². The highest BCUT2D eigenvalue weighted by Crippen LogP contribution is 2.20. The number of aryl methyl sites for hydroxylation is 1. The standard InChI is InChI=1S/C14H24N2O4S/c1-5-7-15-10-12(8-13(15)14(17)18)21(19,20)16(6-2)9-11(3)4/h8,10-11H,5-7,9H2,1-4H3,(H,17,18). The molecule has 1 rings (SSSR count). The zero-order chi connectivity index (χ0) is 16.2. The minimum Gasteiger partial charge on any atom is -0.477 e. The van der Waals surface area contributed by atoms with Crippen LogP contribution in [0.2, 0.25) is 0 Å². The molecular formula is C14H24N2O4S. The van der Waals surface area contributed by atoms with Crippen molar-refractivity contribution in [1.82, 2.24) is 8.87 Å². The van der Waals surface area contributed by atoms with E-state index >= 15 is 0 Å². The molecule has 21 heavy (non-hydrogen) atoms. The van der Waals surface area contributed by atoms with Gasteiger partial charge < -0.3 is 9.67 Å². The summed E-state index contributed by atoms with van der Waals surface area (Å²) in [5, 5.41) is 9.18. The molecule has 0 fully saturated rings. The highest BCUT2D eigenvalue weighted by atomic mass is 32.2. The quantitative estimate of drug-likeness (QED) is 0.798. The minimum atomic E-state index is -3.65. The van der Waals surface area contributed by atoms with Gasteiger partial charge in [-0.2, -0.15) is 4.31 Å². The molecule has 0 aliphatic heterocycles. The van der Waals surface area contributed by atoms with Crippen LogP contribution in [0.15, 0.2) is 17.2 Å². The fourth-order valence-electron chi connectivity index (χ4n) is 2.18. The van der Waals surface area contributed by atoms with Crippen LogP contribution in [0, 0.1) is 5.92 Å². The lowest BCUT2D eigenvalue weighted by atomic mass is 10.2. The van der Waals surface area contributed by atoms with E-state index in [1.54, 1.807) is 6.92 Å². The molecule has 6 nitrogen and oxygen atoms in total. The third kappa shape index (κ3) is 4.07. The van der Waals surface area contributed by atoms with Gasteiger partial charge in [-0.3, -0.25) is 0 Å². The van der Waals surface area contributed by atoms with Crippen LogP contribution in [0.3, 0.4) is 0 Å². The van der Waals surface area contributed by atoms with Gasteiger partial charge in [0, 0.05) is 25.8 Å². The van der Waals surface area contributed by atoms with E-state index in [9.17, 15) is 18.3 Å². The smallest absolute Gasteiger partial charge is 0.352 e. The number of carbonyl (C=O) groups is 1. The second kappa shape index (κ2) is 7.09. The molecule has 1 heterocycles. The topological polar surface area (TPSA) is 79.6 Å². The summed E-state index contributed by atoms with van der Waals surface area (Å²) in [5.74, 6) is -0.909. The lowest BCUT2D eigenvalue weighted by Gasteiger charge is -2.21. The maximum atomic E-state index is 12.6. The van der Waals surface area contributed by atoms with Crippen LogP contribution in [0.4, 0.5) is 0 Å².